The third-order valence-electron chi connectivity index (χ3n) is 6.28. The van der Waals surface area contributed by atoms with Crippen molar-refractivity contribution in [2.24, 2.45) is 17.8 Å². The summed E-state index contributed by atoms with van der Waals surface area (Å²) in [5.41, 5.74) is 1.46. The van der Waals surface area contributed by atoms with Crippen molar-refractivity contribution in [3.8, 4) is 0 Å². The fourth-order valence-electron chi connectivity index (χ4n) is 3.89. The third kappa shape index (κ3) is 7.08. The molecule has 2 N–H and O–H groups in total. The Balaban J connectivity index is 2.13. The number of aryl methyl sites for hydroxylation is 1. The lowest BCUT2D eigenvalue weighted by atomic mass is 9.87. The van der Waals surface area contributed by atoms with Crippen LogP contribution in [0.15, 0.2) is 24.3 Å². The Morgan fingerprint density at radius 1 is 1.00 bits per heavy atom. The highest BCUT2D eigenvalue weighted by Crippen LogP contribution is 2.23. The van der Waals surface area contributed by atoms with E-state index in [4.69, 9.17) is 0 Å². The van der Waals surface area contributed by atoms with Crippen LogP contribution in [-0.4, -0.2) is 47.8 Å². The molecule has 6 nitrogen and oxygen atoms in total. The van der Waals surface area contributed by atoms with Crippen LogP contribution in [0, 0.1) is 24.7 Å². The highest BCUT2D eigenvalue weighted by Gasteiger charge is 2.34. The van der Waals surface area contributed by atoms with Gasteiger partial charge in [-0.05, 0) is 56.1 Å². The van der Waals surface area contributed by atoms with E-state index in [0.29, 0.717) is 49.8 Å². The van der Waals surface area contributed by atoms with Gasteiger partial charge in [0.2, 0.25) is 11.8 Å². The zero-order chi connectivity index (χ0) is 23.1. The molecule has 3 amide bonds. The monoisotopic (exact) mass is 429 g/mol. The second-order valence-electron chi connectivity index (χ2n) is 9.62. The van der Waals surface area contributed by atoms with Gasteiger partial charge < -0.3 is 15.5 Å². The number of carbonyl (C=O) groups is 3. The van der Waals surface area contributed by atoms with E-state index in [9.17, 15) is 14.4 Å². The van der Waals surface area contributed by atoms with Crippen molar-refractivity contribution in [3.05, 3.63) is 35.4 Å². The summed E-state index contributed by atoms with van der Waals surface area (Å²) < 4.78 is 0. The summed E-state index contributed by atoms with van der Waals surface area (Å²) in [5.74, 6) is 0.424. The summed E-state index contributed by atoms with van der Waals surface area (Å²) in [5, 5.41) is 6.08. The molecule has 1 aromatic carbocycles. The quantitative estimate of drug-likeness (QED) is 0.663. The normalized spacial score (nSPS) is 16.8. The Morgan fingerprint density at radius 2 is 1.61 bits per heavy atom. The number of carbonyl (C=O) groups excluding carboxylic acids is 3. The van der Waals surface area contributed by atoms with Crippen molar-refractivity contribution in [1.29, 1.82) is 0 Å². The Hall–Kier alpha value is -2.37. The highest BCUT2D eigenvalue weighted by atomic mass is 16.2. The SMILES string of the molecule is Cc1ccccc1C(=O)NC(C(=O)NC(C)C(C)C)C1CCN(C(=O)CC(C)C)CC1. The molecule has 0 radical (unpaired) electrons. The lowest BCUT2D eigenvalue weighted by Crippen LogP contribution is -2.55. The standard InChI is InChI=1S/C25H39N3O3/c1-16(2)15-22(29)28-13-11-20(12-14-28)23(25(31)26-19(6)17(3)4)27-24(30)21-10-8-7-9-18(21)5/h7-10,16-17,19-20,23H,11-15H2,1-6H3,(H,26,31)(H,27,30). The van der Waals surface area contributed by atoms with Crippen molar-refractivity contribution in [1.82, 2.24) is 15.5 Å². The lowest BCUT2D eigenvalue weighted by Gasteiger charge is -2.36. The Morgan fingerprint density at radius 3 is 2.16 bits per heavy atom. The largest absolute Gasteiger partial charge is 0.352 e. The van der Waals surface area contributed by atoms with Crippen molar-refractivity contribution < 1.29 is 14.4 Å². The number of nitrogens with one attached hydrogen (secondary N) is 2. The van der Waals surface area contributed by atoms with Crippen molar-refractivity contribution in [2.45, 2.75) is 72.9 Å². The number of benzene rings is 1. The van der Waals surface area contributed by atoms with E-state index in [-0.39, 0.29) is 29.7 Å². The minimum absolute atomic E-state index is 0.00423. The maximum absolute atomic E-state index is 13.2. The molecule has 1 saturated heterocycles. The molecule has 0 saturated carbocycles. The first-order chi connectivity index (χ1) is 14.6. The fourth-order valence-corrected chi connectivity index (χ4v) is 3.89. The van der Waals surface area contributed by atoms with E-state index >= 15 is 0 Å². The lowest BCUT2D eigenvalue weighted by molar-refractivity contribution is -0.133. The molecule has 0 bridgehead atoms. The number of likely N-dealkylation sites (tertiary alicyclic amines) is 1. The minimum Gasteiger partial charge on any atom is -0.352 e. The summed E-state index contributed by atoms with van der Waals surface area (Å²) >= 11 is 0. The van der Waals surface area contributed by atoms with Gasteiger partial charge in [0.05, 0.1) is 0 Å². The molecule has 31 heavy (non-hydrogen) atoms. The van der Waals surface area contributed by atoms with Crippen molar-refractivity contribution in [2.75, 3.05) is 13.1 Å². The smallest absolute Gasteiger partial charge is 0.252 e. The minimum atomic E-state index is -0.615. The summed E-state index contributed by atoms with van der Waals surface area (Å²) in [6.07, 6.45) is 1.95. The number of piperidine rings is 1. The fraction of sp³-hybridized carbons (Fsp3) is 0.640. The molecule has 0 spiro atoms. The summed E-state index contributed by atoms with van der Waals surface area (Å²) in [7, 11) is 0. The molecule has 1 aromatic rings. The zero-order valence-corrected chi connectivity index (χ0v) is 19.9. The number of rotatable bonds is 8. The van der Waals surface area contributed by atoms with Crippen LogP contribution in [0.2, 0.25) is 0 Å². The first kappa shape index (κ1) is 24.9. The average Bonchev–Trinajstić information content (AvgIpc) is 2.71. The predicted molar refractivity (Wildman–Crippen MR) is 124 cm³/mol. The highest BCUT2D eigenvalue weighted by molar-refractivity contribution is 5.98. The third-order valence-corrected chi connectivity index (χ3v) is 6.28. The van der Waals surface area contributed by atoms with Crippen LogP contribution in [0.5, 0.6) is 0 Å². The topological polar surface area (TPSA) is 78.5 Å². The Labute approximate surface area is 187 Å². The molecule has 1 aliphatic rings. The van der Waals surface area contributed by atoms with E-state index in [1.165, 1.54) is 0 Å². The van der Waals surface area contributed by atoms with Gasteiger partial charge in [-0.3, -0.25) is 14.4 Å². The zero-order valence-electron chi connectivity index (χ0n) is 19.9. The molecule has 2 atom stereocenters. The first-order valence-corrected chi connectivity index (χ1v) is 11.5. The second kappa shape index (κ2) is 11.3. The predicted octanol–water partition coefficient (Wildman–Crippen LogP) is 3.54. The van der Waals surface area contributed by atoms with Gasteiger partial charge in [0.25, 0.3) is 5.91 Å². The summed E-state index contributed by atoms with van der Waals surface area (Å²) in [6.45, 7) is 13.3. The van der Waals surface area contributed by atoms with Crippen LogP contribution in [0.4, 0.5) is 0 Å². The molecular formula is C25H39N3O3. The number of nitrogens with zero attached hydrogens (tertiary/aromatic N) is 1. The average molecular weight is 430 g/mol. The van der Waals surface area contributed by atoms with Gasteiger partial charge in [-0.2, -0.15) is 0 Å². The molecule has 1 aliphatic heterocycles. The maximum Gasteiger partial charge on any atom is 0.252 e. The van der Waals surface area contributed by atoms with Crippen LogP contribution in [0.3, 0.4) is 0 Å². The number of hydrogen-bond donors (Lipinski definition) is 2. The van der Waals surface area contributed by atoms with E-state index in [1.54, 1.807) is 6.07 Å². The van der Waals surface area contributed by atoms with Gasteiger partial charge in [-0.15, -0.1) is 0 Å². The first-order valence-electron chi connectivity index (χ1n) is 11.5. The second-order valence-corrected chi connectivity index (χ2v) is 9.62. The molecule has 2 unspecified atom stereocenters. The van der Waals surface area contributed by atoms with Crippen molar-refractivity contribution in [3.63, 3.8) is 0 Å². The van der Waals surface area contributed by atoms with Crippen LogP contribution in [-0.2, 0) is 9.59 Å². The molecule has 6 heteroatoms. The van der Waals surface area contributed by atoms with Gasteiger partial charge >= 0.3 is 0 Å². The summed E-state index contributed by atoms with van der Waals surface area (Å²) in [6, 6.07) is 6.79. The van der Waals surface area contributed by atoms with Crippen LogP contribution >= 0.6 is 0 Å². The van der Waals surface area contributed by atoms with Gasteiger partial charge in [-0.1, -0.05) is 45.9 Å². The molecule has 172 valence electrons. The van der Waals surface area contributed by atoms with Crippen molar-refractivity contribution >= 4 is 17.7 Å². The number of hydrogen-bond acceptors (Lipinski definition) is 3. The number of amides is 3. The molecule has 2 rings (SSSR count). The van der Waals surface area contributed by atoms with Gasteiger partial charge in [0.1, 0.15) is 6.04 Å². The van der Waals surface area contributed by atoms with E-state index < -0.39 is 6.04 Å². The van der Waals surface area contributed by atoms with Crippen LogP contribution < -0.4 is 10.6 Å². The molecule has 1 heterocycles. The van der Waals surface area contributed by atoms with Gasteiger partial charge in [0.15, 0.2) is 0 Å². The van der Waals surface area contributed by atoms with E-state index in [0.717, 1.165) is 5.56 Å². The molecule has 0 aliphatic carbocycles. The van der Waals surface area contributed by atoms with E-state index in [1.807, 2.05) is 50.8 Å². The summed E-state index contributed by atoms with van der Waals surface area (Å²) in [4.78, 5) is 40.5. The Bertz CT molecular complexity index is 767. The van der Waals surface area contributed by atoms with Crippen LogP contribution in [0.25, 0.3) is 0 Å². The maximum atomic E-state index is 13.2. The molecule has 1 fully saturated rings. The molecular weight excluding hydrogens is 390 g/mol. The van der Waals surface area contributed by atoms with Gasteiger partial charge in [0, 0.05) is 31.1 Å². The molecule has 0 aromatic heterocycles. The Kier molecular flexibility index (Phi) is 9.08. The van der Waals surface area contributed by atoms with E-state index in [2.05, 4.69) is 24.5 Å². The van der Waals surface area contributed by atoms with Gasteiger partial charge in [-0.25, -0.2) is 0 Å². The van der Waals surface area contributed by atoms with Crippen LogP contribution in [0.1, 0.15) is 69.8 Å².